The van der Waals surface area contributed by atoms with Gasteiger partial charge in [-0.1, -0.05) is 105 Å². The van der Waals surface area contributed by atoms with Gasteiger partial charge < -0.3 is 15.1 Å². The Labute approximate surface area is 433 Å². The standard InChI is InChI=1S/C36H54N2P2.4C6H5.BH3O3.Ir/c1-5-13-31(14-6-1)39(32-15-7-2-8-16-32)27-29-21-23-35(37-25-29)36-24-22-30(26-38-36)28-40(33-17-9-3-10-18-33)34-19-11-4-12-20-34;4*1-2-4-6-5-3-1;2-1(3)4;/h21-26,31-34H,1-20,27-28H2;4*1-5H;2-4H;/q;4*-1;;. The van der Waals surface area contributed by atoms with Crippen molar-refractivity contribution in [1.29, 1.82) is 0 Å². The zero-order chi connectivity index (χ0) is 47.5. The van der Waals surface area contributed by atoms with E-state index < -0.39 is 7.32 Å². The maximum Gasteiger partial charge on any atom is 0.631 e. The molecule has 1 radical (unpaired) electrons. The summed E-state index contributed by atoms with van der Waals surface area (Å²) in [5, 5.41) is 21.5. The average molecular weight is 1140 g/mol. The second-order valence-electron chi connectivity index (χ2n) is 18.3. The minimum atomic E-state index is -2.17. The molecular formula is C60H77BIrN2O3P2-4. The van der Waals surface area contributed by atoms with Crippen molar-refractivity contribution in [2.75, 3.05) is 0 Å². The summed E-state index contributed by atoms with van der Waals surface area (Å²) in [6.07, 6.45) is 36.6. The molecule has 10 rings (SSSR count). The molecule has 4 aliphatic rings. The third-order valence-electron chi connectivity index (χ3n) is 13.2. The van der Waals surface area contributed by atoms with Gasteiger partial charge in [0.25, 0.3) is 0 Å². The molecule has 3 N–H and O–H groups in total. The molecule has 0 amide bonds. The van der Waals surface area contributed by atoms with Crippen LogP contribution in [0.15, 0.2) is 158 Å². The van der Waals surface area contributed by atoms with Crippen LogP contribution in [-0.4, -0.2) is 55.0 Å². The van der Waals surface area contributed by atoms with Gasteiger partial charge in [0.05, 0.1) is 11.4 Å². The summed E-state index contributed by atoms with van der Waals surface area (Å²) < 4.78 is 0. The van der Waals surface area contributed by atoms with Crippen LogP contribution in [0.25, 0.3) is 11.4 Å². The third kappa shape index (κ3) is 25.0. The Balaban J connectivity index is 0.000000285. The molecule has 4 saturated carbocycles. The van der Waals surface area contributed by atoms with Gasteiger partial charge in [-0.3, -0.25) is 9.97 Å². The number of aromatic nitrogens is 2. The molecule has 6 aromatic rings. The van der Waals surface area contributed by atoms with E-state index in [1.54, 1.807) is 0 Å². The molecule has 0 aliphatic heterocycles. The van der Waals surface area contributed by atoms with Crippen molar-refractivity contribution in [3.8, 4) is 11.4 Å². The normalized spacial score (nSPS) is 16.4. The van der Waals surface area contributed by atoms with Crippen molar-refractivity contribution in [2.24, 2.45) is 0 Å². The monoisotopic (exact) mass is 1140 g/mol. The molecule has 4 fully saturated rings. The van der Waals surface area contributed by atoms with Crippen molar-refractivity contribution < 1.29 is 35.2 Å². The fraction of sp³-hybridized carbons (Fsp3) is 0.433. The molecule has 4 aromatic carbocycles. The molecule has 5 nitrogen and oxygen atoms in total. The molecule has 0 bridgehead atoms. The van der Waals surface area contributed by atoms with E-state index in [4.69, 9.17) is 25.0 Å². The van der Waals surface area contributed by atoms with Crippen LogP contribution in [0, 0.1) is 24.3 Å². The van der Waals surface area contributed by atoms with Gasteiger partial charge in [0.15, 0.2) is 0 Å². The zero-order valence-corrected chi connectivity index (χ0v) is 45.1. The van der Waals surface area contributed by atoms with E-state index in [0.29, 0.717) is 0 Å². The van der Waals surface area contributed by atoms with Crippen LogP contribution >= 0.6 is 15.8 Å². The van der Waals surface area contributed by atoms with Gasteiger partial charge >= 0.3 is 7.32 Å². The van der Waals surface area contributed by atoms with Gasteiger partial charge in [-0.15, -0.1) is 0 Å². The van der Waals surface area contributed by atoms with E-state index in [1.165, 1.54) is 152 Å². The molecule has 0 atom stereocenters. The molecule has 0 unspecified atom stereocenters. The van der Waals surface area contributed by atoms with E-state index in [-0.39, 0.29) is 35.9 Å². The largest absolute Gasteiger partial charge is 0.631 e. The van der Waals surface area contributed by atoms with E-state index in [1.807, 2.05) is 121 Å². The van der Waals surface area contributed by atoms with Crippen LogP contribution in [0.3, 0.4) is 0 Å². The second-order valence-corrected chi connectivity index (χ2v) is 23.9. The van der Waals surface area contributed by atoms with Crippen LogP contribution in [0.2, 0.25) is 0 Å². The smallest absolute Gasteiger partial charge is 0.402 e. The quantitative estimate of drug-likeness (QED) is 0.0763. The van der Waals surface area contributed by atoms with E-state index in [2.05, 4.69) is 60.9 Å². The Morgan fingerprint density at radius 2 is 0.609 bits per heavy atom. The van der Waals surface area contributed by atoms with Crippen LogP contribution in [0.1, 0.15) is 140 Å². The maximum atomic E-state index is 7.17. The average Bonchev–Trinajstić information content (AvgIpc) is 3.43. The molecule has 0 saturated heterocycles. The van der Waals surface area contributed by atoms with Gasteiger partial charge in [-0.2, -0.15) is 146 Å². The second kappa shape index (κ2) is 37.4. The first kappa shape index (κ1) is 58.2. The maximum absolute atomic E-state index is 7.17. The van der Waals surface area contributed by atoms with Gasteiger partial charge in [0.2, 0.25) is 0 Å². The molecule has 0 spiro atoms. The molecule has 69 heavy (non-hydrogen) atoms. The van der Waals surface area contributed by atoms with Crippen molar-refractivity contribution in [1.82, 2.24) is 9.97 Å². The number of nitrogens with zero attached hydrogens (tertiary/aromatic N) is 2. The van der Waals surface area contributed by atoms with Crippen LogP contribution in [0.4, 0.5) is 0 Å². The first-order valence-electron chi connectivity index (χ1n) is 25.7. The molecule has 9 heteroatoms. The summed E-state index contributed by atoms with van der Waals surface area (Å²) in [5.74, 6) is 0. The molecule has 4 aliphatic carbocycles. The zero-order valence-electron chi connectivity index (χ0n) is 40.9. The first-order valence-corrected chi connectivity index (χ1v) is 29.0. The van der Waals surface area contributed by atoms with Crippen molar-refractivity contribution in [2.45, 2.75) is 163 Å². The molecule has 2 heterocycles. The Kier molecular flexibility index (Phi) is 31.6. The third-order valence-corrected chi connectivity index (χ3v) is 20.5. The number of hydrogen-bond acceptors (Lipinski definition) is 5. The predicted octanol–water partition coefficient (Wildman–Crippen LogP) is 15.3. The summed E-state index contributed by atoms with van der Waals surface area (Å²) in [5.41, 5.74) is 9.10. The Bertz CT molecular complexity index is 1660. The van der Waals surface area contributed by atoms with Gasteiger partial charge in [0.1, 0.15) is 0 Å². The summed E-state index contributed by atoms with van der Waals surface area (Å²) >= 11 is 0. The number of rotatable bonds is 9. The summed E-state index contributed by atoms with van der Waals surface area (Å²) in [6, 6.07) is 59.3. The summed E-state index contributed by atoms with van der Waals surface area (Å²) in [6.45, 7) is 0. The van der Waals surface area contributed by atoms with Gasteiger partial charge in [-0.05, 0) is 110 Å². The van der Waals surface area contributed by atoms with Gasteiger partial charge in [-0.25, -0.2) is 0 Å². The first-order chi connectivity index (χ1) is 33.6. The fourth-order valence-corrected chi connectivity index (χ4v) is 17.4. The Morgan fingerprint density at radius 3 is 0.768 bits per heavy atom. The van der Waals surface area contributed by atoms with Crippen LogP contribution < -0.4 is 0 Å². The molecule has 2 aromatic heterocycles. The molecule has 371 valence electrons. The fourth-order valence-electron chi connectivity index (χ4n) is 9.89. The van der Waals surface area contributed by atoms with Crippen molar-refractivity contribution in [3.05, 3.63) is 193 Å². The van der Waals surface area contributed by atoms with Gasteiger partial charge in [0, 0.05) is 32.5 Å². The SMILES string of the molecule is OB(O)O.[Ir].[c-]1ccccc1.[c-]1ccccc1.[c-]1ccccc1.[c-]1ccccc1.c1cc(-c2ccc(CP(C3CCCCC3)C3CCCCC3)cn2)ncc1CP(C1CCCCC1)C1CCCCC1. The van der Waals surface area contributed by atoms with E-state index in [9.17, 15) is 0 Å². The summed E-state index contributed by atoms with van der Waals surface area (Å²) in [4.78, 5) is 9.96. The van der Waals surface area contributed by atoms with Crippen molar-refractivity contribution in [3.63, 3.8) is 0 Å². The van der Waals surface area contributed by atoms with Crippen LogP contribution in [0.5, 0.6) is 0 Å². The minimum Gasteiger partial charge on any atom is -0.402 e. The Hall–Kier alpha value is -3.37. The van der Waals surface area contributed by atoms with Crippen molar-refractivity contribution >= 4 is 23.2 Å². The van der Waals surface area contributed by atoms with Crippen LogP contribution in [-0.2, 0) is 32.4 Å². The number of pyridine rings is 2. The minimum absolute atomic E-state index is 0. The molecular weight excluding hydrogens is 1060 g/mol. The topological polar surface area (TPSA) is 86.5 Å². The number of benzene rings is 4. The Morgan fingerprint density at radius 1 is 0.377 bits per heavy atom. The van der Waals surface area contributed by atoms with E-state index in [0.717, 1.165) is 34.0 Å². The summed E-state index contributed by atoms with van der Waals surface area (Å²) in [7, 11) is -2.00. The predicted molar refractivity (Wildman–Crippen MR) is 290 cm³/mol. The van der Waals surface area contributed by atoms with E-state index >= 15 is 0 Å². The number of hydrogen-bond donors (Lipinski definition) is 3.